The molecule has 3 unspecified atom stereocenters. The third kappa shape index (κ3) is 5.13. The molecule has 1 aliphatic carbocycles. The fourth-order valence-electron chi connectivity index (χ4n) is 4.18. The number of nitrogens with zero attached hydrogens (tertiary/aromatic N) is 4. The van der Waals surface area contributed by atoms with E-state index in [1.54, 1.807) is 0 Å². The van der Waals surface area contributed by atoms with E-state index < -0.39 is 53.4 Å². The number of benzene rings is 1. The molecule has 0 saturated heterocycles. The summed E-state index contributed by atoms with van der Waals surface area (Å²) in [6, 6.07) is 4.66. The highest BCUT2D eigenvalue weighted by atomic mass is 35.5. The predicted octanol–water partition coefficient (Wildman–Crippen LogP) is 4.24. The Hall–Kier alpha value is -3.12. The molecule has 1 amide bonds. The highest BCUT2D eigenvalue weighted by Gasteiger charge is 2.44. The predicted molar refractivity (Wildman–Crippen MR) is 114 cm³/mol. The van der Waals surface area contributed by atoms with Crippen LogP contribution in [0.25, 0.3) is 5.69 Å². The fourth-order valence-corrected chi connectivity index (χ4v) is 4.44. The minimum Gasteiger partial charge on any atom is -0.387 e. The summed E-state index contributed by atoms with van der Waals surface area (Å²) in [6.07, 6.45) is -3.29. The van der Waals surface area contributed by atoms with E-state index in [0.29, 0.717) is 12.3 Å². The van der Waals surface area contributed by atoms with E-state index in [4.69, 9.17) is 11.6 Å². The van der Waals surface area contributed by atoms with Crippen molar-refractivity contribution < 1.29 is 31.9 Å². The molecule has 1 fully saturated rings. The molecule has 0 spiro atoms. The summed E-state index contributed by atoms with van der Waals surface area (Å²) < 4.78 is 67.8. The number of rotatable bonds is 5. The first-order valence-corrected chi connectivity index (χ1v) is 10.9. The molecule has 3 aromatic rings. The number of hydrogen-bond donors (Lipinski definition) is 2. The van der Waals surface area contributed by atoms with Gasteiger partial charge in [-0.15, -0.1) is 4.80 Å². The molecule has 1 aliphatic rings. The van der Waals surface area contributed by atoms with Gasteiger partial charge in [-0.1, -0.05) is 23.7 Å². The summed E-state index contributed by atoms with van der Waals surface area (Å²) >= 11 is 6.08. The first kappa shape index (κ1) is 25.0. The molecule has 13 heteroatoms. The van der Waals surface area contributed by atoms with Gasteiger partial charge in [-0.25, -0.2) is 13.8 Å². The van der Waals surface area contributed by atoms with Gasteiger partial charge >= 0.3 is 6.18 Å². The van der Waals surface area contributed by atoms with Crippen molar-refractivity contribution in [2.75, 3.05) is 6.54 Å². The molecule has 0 aliphatic heterocycles. The second kappa shape index (κ2) is 9.50. The molecular formula is C22H19ClF5N5O2. The molecular weight excluding hydrogens is 497 g/mol. The molecule has 4 rings (SSSR count). The van der Waals surface area contributed by atoms with Crippen LogP contribution >= 0.6 is 11.6 Å². The molecule has 2 heterocycles. The van der Waals surface area contributed by atoms with Gasteiger partial charge in [-0.3, -0.25) is 4.79 Å². The topological polar surface area (TPSA) is 92.9 Å². The lowest BCUT2D eigenvalue weighted by Gasteiger charge is -2.42. The Labute approximate surface area is 200 Å². The normalized spacial score (nSPS) is 22.7. The Morgan fingerprint density at radius 3 is 2.69 bits per heavy atom. The molecule has 0 radical (unpaired) electrons. The first-order valence-electron chi connectivity index (χ1n) is 10.5. The fraction of sp³-hybridized carbons (Fsp3) is 0.364. The largest absolute Gasteiger partial charge is 0.417 e. The van der Waals surface area contributed by atoms with Gasteiger partial charge in [0.05, 0.1) is 28.6 Å². The van der Waals surface area contributed by atoms with Crippen LogP contribution in [0.5, 0.6) is 0 Å². The van der Waals surface area contributed by atoms with Crippen molar-refractivity contribution in [1.82, 2.24) is 25.3 Å². The van der Waals surface area contributed by atoms with Gasteiger partial charge in [-0.05, 0) is 37.0 Å². The number of carbonyl (C=O) groups excluding carboxylic acids is 1. The summed E-state index contributed by atoms with van der Waals surface area (Å²) in [7, 11) is 0. The van der Waals surface area contributed by atoms with Crippen molar-refractivity contribution in [1.29, 1.82) is 0 Å². The quantitative estimate of drug-likeness (QED) is 0.496. The number of pyridine rings is 1. The first-order chi connectivity index (χ1) is 16.5. The van der Waals surface area contributed by atoms with Gasteiger partial charge in [-0.2, -0.15) is 23.4 Å². The van der Waals surface area contributed by atoms with Gasteiger partial charge in [0.1, 0.15) is 17.7 Å². The average Bonchev–Trinajstić information content (AvgIpc) is 3.35. The molecule has 35 heavy (non-hydrogen) atoms. The monoisotopic (exact) mass is 515 g/mol. The van der Waals surface area contributed by atoms with E-state index in [-0.39, 0.29) is 35.5 Å². The molecule has 2 aromatic heterocycles. The molecule has 3 atom stereocenters. The van der Waals surface area contributed by atoms with E-state index >= 15 is 0 Å². The maximum Gasteiger partial charge on any atom is 0.417 e. The van der Waals surface area contributed by atoms with Crippen molar-refractivity contribution in [2.45, 2.75) is 43.1 Å². The van der Waals surface area contributed by atoms with Crippen LogP contribution in [-0.2, 0) is 6.18 Å². The summed E-state index contributed by atoms with van der Waals surface area (Å²) in [5.41, 5.74) is -3.36. The van der Waals surface area contributed by atoms with Gasteiger partial charge in [0.25, 0.3) is 5.91 Å². The standard InChI is InChI=1S/C22H19ClF5N5O2/c23-18-14(2-1-3-16(18)25)15-9-13(24)4-5-21(15,35)11-30-20(34)19-17(33-31-6-7-32-33)8-12(10-29-19)22(26,27)28/h1-3,6-8,10,13,15,35H,4-5,9,11H2,(H,30,34). The maximum atomic E-state index is 14.2. The number of amides is 1. The van der Waals surface area contributed by atoms with Gasteiger partial charge in [0.2, 0.25) is 0 Å². The second-order valence-corrected chi connectivity index (χ2v) is 8.64. The molecule has 2 N–H and O–H groups in total. The highest BCUT2D eigenvalue weighted by molar-refractivity contribution is 6.31. The van der Waals surface area contributed by atoms with Gasteiger partial charge in [0.15, 0.2) is 5.69 Å². The van der Waals surface area contributed by atoms with Crippen molar-refractivity contribution in [3.8, 4) is 5.69 Å². The summed E-state index contributed by atoms with van der Waals surface area (Å²) in [4.78, 5) is 17.4. The summed E-state index contributed by atoms with van der Waals surface area (Å²) in [5.74, 6) is -2.59. The number of nitrogens with one attached hydrogen (secondary N) is 1. The summed E-state index contributed by atoms with van der Waals surface area (Å²) in [6.45, 7) is -0.412. The maximum absolute atomic E-state index is 14.2. The number of alkyl halides is 4. The van der Waals surface area contributed by atoms with Crippen molar-refractivity contribution in [2.24, 2.45) is 0 Å². The van der Waals surface area contributed by atoms with Crippen molar-refractivity contribution >= 4 is 17.5 Å². The van der Waals surface area contributed by atoms with Gasteiger partial charge < -0.3 is 10.4 Å². The van der Waals surface area contributed by atoms with Crippen molar-refractivity contribution in [3.63, 3.8) is 0 Å². The molecule has 186 valence electrons. The highest BCUT2D eigenvalue weighted by Crippen LogP contribution is 2.44. The zero-order chi connectivity index (χ0) is 25.4. The van der Waals surface area contributed by atoms with Crippen LogP contribution in [0.3, 0.4) is 0 Å². The molecule has 1 aromatic carbocycles. The van der Waals surface area contributed by atoms with Crippen LogP contribution in [0.4, 0.5) is 22.0 Å². The minimum absolute atomic E-state index is 0.00318. The number of halogens is 6. The van der Waals surface area contributed by atoms with Crippen molar-refractivity contribution in [3.05, 3.63) is 70.5 Å². The van der Waals surface area contributed by atoms with E-state index in [1.807, 2.05) is 0 Å². The Kier molecular flexibility index (Phi) is 6.78. The molecule has 7 nitrogen and oxygen atoms in total. The Bertz CT molecular complexity index is 1220. The van der Waals surface area contributed by atoms with Crippen LogP contribution < -0.4 is 5.32 Å². The Balaban J connectivity index is 1.62. The lowest BCUT2D eigenvalue weighted by molar-refractivity contribution is -0.137. The van der Waals surface area contributed by atoms with E-state index in [0.717, 1.165) is 10.9 Å². The Morgan fingerprint density at radius 1 is 1.29 bits per heavy atom. The SMILES string of the molecule is O=C(NCC1(O)CCC(F)CC1c1cccc(F)c1Cl)c1ncc(C(F)(F)F)cc1-n1nccn1. The summed E-state index contributed by atoms with van der Waals surface area (Å²) in [5, 5.41) is 21.1. The van der Waals surface area contributed by atoms with Crippen LogP contribution in [0.15, 0.2) is 42.9 Å². The van der Waals surface area contributed by atoms with E-state index in [9.17, 15) is 31.9 Å². The zero-order valence-electron chi connectivity index (χ0n) is 17.9. The number of aliphatic hydroxyl groups is 1. The minimum atomic E-state index is -4.72. The van der Waals surface area contributed by atoms with E-state index in [2.05, 4.69) is 20.5 Å². The van der Waals surface area contributed by atoms with Gasteiger partial charge in [0, 0.05) is 18.7 Å². The molecule has 1 saturated carbocycles. The lowest BCUT2D eigenvalue weighted by atomic mass is 9.71. The van der Waals surface area contributed by atoms with Crippen LogP contribution in [0.2, 0.25) is 5.02 Å². The average molecular weight is 516 g/mol. The second-order valence-electron chi connectivity index (χ2n) is 8.26. The number of aromatic nitrogens is 4. The van der Waals surface area contributed by atoms with Crippen LogP contribution in [0.1, 0.15) is 46.8 Å². The third-order valence-electron chi connectivity index (χ3n) is 5.99. The zero-order valence-corrected chi connectivity index (χ0v) is 18.7. The smallest absolute Gasteiger partial charge is 0.387 e. The third-order valence-corrected chi connectivity index (χ3v) is 6.39. The van der Waals surface area contributed by atoms with Crippen LogP contribution in [-0.4, -0.2) is 49.3 Å². The Morgan fingerprint density at radius 2 is 2.00 bits per heavy atom. The molecule has 0 bridgehead atoms. The van der Waals surface area contributed by atoms with Crippen LogP contribution in [0, 0.1) is 5.82 Å². The number of hydrogen-bond acceptors (Lipinski definition) is 5. The number of carbonyl (C=O) groups is 1. The lowest BCUT2D eigenvalue weighted by Crippen LogP contribution is -2.50. The van der Waals surface area contributed by atoms with E-state index in [1.165, 1.54) is 24.5 Å².